The van der Waals surface area contributed by atoms with Gasteiger partial charge < -0.3 is 15.4 Å². The zero-order valence-corrected chi connectivity index (χ0v) is 11.3. The van der Waals surface area contributed by atoms with Gasteiger partial charge in [0.1, 0.15) is 0 Å². The minimum absolute atomic E-state index is 0.151. The molecule has 0 aromatic carbocycles. The van der Waals surface area contributed by atoms with Crippen LogP contribution >= 0.6 is 0 Å². The number of piperidine rings is 1. The number of hydrogen-bond donors (Lipinski definition) is 2. The van der Waals surface area contributed by atoms with Gasteiger partial charge in [-0.05, 0) is 32.2 Å². The average molecular weight is 242 g/mol. The molecular formula is C13H26N2O2. The van der Waals surface area contributed by atoms with Gasteiger partial charge in [0.2, 0.25) is 5.91 Å². The molecule has 17 heavy (non-hydrogen) atoms. The molecule has 0 bridgehead atoms. The summed E-state index contributed by atoms with van der Waals surface area (Å²) >= 11 is 0. The summed E-state index contributed by atoms with van der Waals surface area (Å²) in [7, 11) is 0. The maximum absolute atomic E-state index is 12.0. The van der Waals surface area contributed by atoms with E-state index in [2.05, 4.69) is 24.5 Å². The highest BCUT2D eigenvalue weighted by atomic mass is 16.5. The van der Waals surface area contributed by atoms with Crippen LogP contribution in [0.1, 0.15) is 33.6 Å². The highest BCUT2D eigenvalue weighted by molar-refractivity contribution is 5.82. The van der Waals surface area contributed by atoms with Gasteiger partial charge in [0.15, 0.2) is 0 Å². The van der Waals surface area contributed by atoms with Gasteiger partial charge in [-0.25, -0.2) is 0 Å². The van der Waals surface area contributed by atoms with E-state index in [0.717, 1.165) is 32.5 Å². The number of carbonyl (C=O) groups is 1. The van der Waals surface area contributed by atoms with Crippen LogP contribution in [0.15, 0.2) is 0 Å². The molecule has 0 aromatic heterocycles. The number of nitrogens with one attached hydrogen (secondary N) is 2. The van der Waals surface area contributed by atoms with Crippen molar-refractivity contribution in [3.05, 3.63) is 0 Å². The Morgan fingerprint density at radius 2 is 2.29 bits per heavy atom. The molecule has 0 radical (unpaired) electrons. The fourth-order valence-corrected chi connectivity index (χ4v) is 2.02. The largest absolute Gasteiger partial charge is 0.379 e. The van der Waals surface area contributed by atoms with Gasteiger partial charge in [0, 0.05) is 19.7 Å². The molecule has 0 saturated carbocycles. The predicted octanol–water partition coefficient (Wildman–Crippen LogP) is 1.16. The van der Waals surface area contributed by atoms with E-state index in [-0.39, 0.29) is 11.3 Å². The molecule has 1 heterocycles. The molecule has 1 aliphatic heterocycles. The van der Waals surface area contributed by atoms with Crippen molar-refractivity contribution in [2.75, 3.05) is 32.8 Å². The topological polar surface area (TPSA) is 50.4 Å². The highest BCUT2D eigenvalue weighted by Gasteiger charge is 2.34. The van der Waals surface area contributed by atoms with Crippen LogP contribution in [-0.4, -0.2) is 38.8 Å². The second kappa shape index (κ2) is 6.97. The number of amides is 1. The van der Waals surface area contributed by atoms with Crippen molar-refractivity contribution < 1.29 is 9.53 Å². The summed E-state index contributed by atoms with van der Waals surface area (Å²) in [5, 5.41) is 6.24. The van der Waals surface area contributed by atoms with Crippen LogP contribution in [-0.2, 0) is 9.53 Å². The molecule has 0 spiro atoms. The second-order valence-electron chi connectivity index (χ2n) is 5.57. The van der Waals surface area contributed by atoms with Gasteiger partial charge in [-0.15, -0.1) is 0 Å². The molecule has 0 aliphatic carbocycles. The van der Waals surface area contributed by atoms with Crippen molar-refractivity contribution in [1.82, 2.24) is 10.6 Å². The van der Waals surface area contributed by atoms with E-state index < -0.39 is 0 Å². The first-order valence-electron chi connectivity index (χ1n) is 6.61. The third-order valence-electron chi connectivity index (χ3n) is 3.13. The number of rotatable bonds is 6. The third kappa shape index (κ3) is 5.04. The third-order valence-corrected chi connectivity index (χ3v) is 3.13. The molecule has 1 unspecified atom stereocenters. The van der Waals surface area contributed by atoms with Gasteiger partial charge in [-0.1, -0.05) is 13.8 Å². The number of hydrogen-bond acceptors (Lipinski definition) is 3. The quantitative estimate of drug-likeness (QED) is 0.687. The molecule has 1 rings (SSSR count). The summed E-state index contributed by atoms with van der Waals surface area (Å²) in [6.07, 6.45) is 2.05. The maximum atomic E-state index is 12.0. The molecule has 0 aromatic rings. The SMILES string of the molecule is CC(C)COCCNC(=O)C1(C)CCCNC1. The minimum atomic E-state index is -0.240. The molecule has 2 N–H and O–H groups in total. The summed E-state index contributed by atoms with van der Waals surface area (Å²) in [5.41, 5.74) is -0.240. The number of carbonyl (C=O) groups excluding carboxylic acids is 1. The highest BCUT2D eigenvalue weighted by Crippen LogP contribution is 2.25. The van der Waals surface area contributed by atoms with Gasteiger partial charge in [-0.2, -0.15) is 0 Å². The van der Waals surface area contributed by atoms with Crippen LogP contribution in [0.4, 0.5) is 0 Å². The van der Waals surface area contributed by atoms with Crippen molar-refractivity contribution in [1.29, 1.82) is 0 Å². The smallest absolute Gasteiger partial charge is 0.227 e. The van der Waals surface area contributed by atoms with Crippen molar-refractivity contribution in [3.8, 4) is 0 Å². The predicted molar refractivity (Wildman–Crippen MR) is 68.9 cm³/mol. The fourth-order valence-electron chi connectivity index (χ4n) is 2.02. The monoisotopic (exact) mass is 242 g/mol. The lowest BCUT2D eigenvalue weighted by Gasteiger charge is -2.32. The van der Waals surface area contributed by atoms with Crippen molar-refractivity contribution in [2.24, 2.45) is 11.3 Å². The van der Waals surface area contributed by atoms with E-state index in [0.29, 0.717) is 19.1 Å². The summed E-state index contributed by atoms with van der Waals surface area (Å²) < 4.78 is 5.44. The Kier molecular flexibility index (Phi) is 5.92. The lowest BCUT2D eigenvalue weighted by atomic mass is 9.82. The van der Waals surface area contributed by atoms with Gasteiger partial charge in [0.05, 0.1) is 12.0 Å². The summed E-state index contributed by atoms with van der Waals surface area (Å²) in [6, 6.07) is 0. The van der Waals surface area contributed by atoms with Crippen LogP contribution in [0, 0.1) is 11.3 Å². The Morgan fingerprint density at radius 3 is 2.88 bits per heavy atom. The normalized spacial score (nSPS) is 24.9. The zero-order chi connectivity index (χ0) is 12.7. The van der Waals surface area contributed by atoms with Gasteiger partial charge in [0.25, 0.3) is 0 Å². The summed E-state index contributed by atoms with van der Waals surface area (Å²) in [4.78, 5) is 12.0. The summed E-state index contributed by atoms with van der Waals surface area (Å²) in [5.74, 6) is 0.698. The zero-order valence-electron chi connectivity index (χ0n) is 11.3. The molecular weight excluding hydrogens is 216 g/mol. The van der Waals surface area contributed by atoms with Gasteiger partial charge in [-0.3, -0.25) is 4.79 Å². The first kappa shape index (κ1) is 14.5. The van der Waals surface area contributed by atoms with Crippen LogP contribution in [0.25, 0.3) is 0 Å². The molecule has 1 atom stereocenters. The van der Waals surface area contributed by atoms with E-state index >= 15 is 0 Å². The minimum Gasteiger partial charge on any atom is -0.379 e. The molecule has 1 aliphatic rings. The number of ether oxygens (including phenoxy) is 1. The molecule has 4 heteroatoms. The summed E-state index contributed by atoms with van der Waals surface area (Å²) in [6.45, 7) is 10.1. The average Bonchev–Trinajstić information content (AvgIpc) is 2.29. The molecule has 1 fully saturated rings. The molecule has 1 saturated heterocycles. The van der Waals surface area contributed by atoms with Crippen LogP contribution in [0.2, 0.25) is 0 Å². The Hall–Kier alpha value is -0.610. The Bertz CT molecular complexity index is 236. The first-order valence-corrected chi connectivity index (χ1v) is 6.61. The van der Waals surface area contributed by atoms with E-state index in [4.69, 9.17) is 4.74 Å². The maximum Gasteiger partial charge on any atom is 0.227 e. The lowest BCUT2D eigenvalue weighted by Crippen LogP contribution is -2.49. The van der Waals surface area contributed by atoms with Gasteiger partial charge >= 0.3 is 0 Å². The van der Waals surface area contributed by atoms with Crippen molar-refractivity contribution >= 4 is 5.91 Å². The molecule has 4 nitrogen and oxygen atoms in total. The Balaban J connectivity index is 2.15. The van der Waals surface area contributed by atoms with Crippen LogP contribution in [0.5, 0.6) is 0 Å². The van der Waals surface area contributed by atoms with E-state index in [9.17, 15) is 4.79 Å². The molecule has 100 valence electrons. The first-order chi connectivity index (χ1) is 8.04. The van der Waals surface area contributed by atoms with E-state index in [1.165, 1.54) is 0 Å². The standard InChI is InChI=1S/C13H26N2O2/c1-11(2)9-17-8-7-15-12(16)13(3)5-4-6-14-10-13/h11,14H,4-10H2,1-3H3,(H,15,16). The Labute approximate surface area is 104 Å². The second-order valence-corrected chi connectivity index (χ2v) is 5.57. The van der Waals surface area contributed by atoms with Crippen molar-refractivity contribution in [2.45, 2.75) is 33.6 Å². The molecule has 1 amide bonds. The Morgan fingerprint density at radius 1 is 1.53 bits per heavy atom. The van der Waals surface area contributed by atoms with Crippen LogP contribution < -0.4 is 10.6 Å². The van der Waals surface area contributed by atoms with E-state index in [1.54, 1.807) is 0 Å². The van der Waals surface area contributed by atoms with E-state index in [1.807, 2.05) is 6.92 Å². The van der Waals surface area contributed by atoms with Crippen molar-refractivity contribution in [3.63, 3.8) is 0 Å². The fraction of sp³-hybridized carbons (Fsp3) is 0.923. The lowest BCUT2D eigenvalue weighted by molar-refractivity contribution is -0.131. The van der Waals surface area contributed by atoms with Crippen LogP contribution in [0.3, 0.4) is 0 Å².